The summed E-state index contributed by atoms with van der Waals surface area (Å²) >= 11 is 0. The van der Waals surface area contributed by atoms with Gasteiger partial charge in [-0.2, -0.15) is 4.98 Å². The maximum Gasteiger partial charge on any atom is 0.246 e. The Labute approximate surface area is 174 Å². The quantitative estimate of drug-likeness (QED) is 0.527. The van der Waals surface area contributed by atoms with Gasteiger partial charge in [0.05, 0.1) is 27.9 Å². The van der Waals surface area contributed by atoms with E-state index in [0.29, 0.717) is 23.2 Å². The van der Waals surface area contributed by atoms with Crippen LogP contribution in [-0.4, -0.2) is 49.3 Å². The minimum absolute atomic E-state index is 0.193. The van der Waals surface area contributed by atoms with Gasteiger partial charge in [0, 0.05) is 18.7 Å². The molecule has 3 aromatic rings. The number of hydrogen-bond acceptors (Lipinski definition) is 7. The highest BCUT2D eigenvalue weighted by molar-refractivity contribution is 5.91. The predicted octanol–water partition coefficient (Wildman–Crippen LogP) is 3.43. The standard InChI is InChI=1S/C22H23N3O5/c1-25(21(26)12-6-15-5-11-18(28-3)19(13-15)29-4)14-20-23-22(24-30-20)16-7-9-17(27-2)10-8-16/h5-13H,14H2,1-4H3. The molecule has 1 amide bonds. The summed E-state index contributed by atoms with van der Waals surface area (Å²) in [5.74, 6) is 2.56. The Morgan fingerprint density at radius 2 is 1.77 bits per heavy atom. The van der Waals surface area contributed by atoms with Crippen LogP contribution >= 0.6 is 0 Å². The molecule has 0 aliphatic carbocycles. The third-order valence-corrected chi connectivity index (χ3v) is 4.39. The molecule has 0 spiro atoms. The van der Waals surface area contributed by atoms with Crippen LogP contribution in [0.1, 0.15) is 11.5 Å². The van der Waals surface area contributed by atoms with Crippen LogP contribution < -0.4 is 14.2 Å². The zero-order valence-corrected chi connectivity index (χ0v) is 17.3. The highest BCUT2D eigenvalue weighted by Gasteiger charge is 2.13. The highest BCUT2D eigenvalue weighted by Crippen LogP contribution is 2.28. The smallest absolute Gasteiger partial charge is 0.246 e. The van der Waals surface area contributed by atoms with Crippen molar-refractivity contribution in [2.45, 2.75) is 6.54 Å². The molecule has 0 fully saturated rings. The van der Waals surface area contributed by atoms with E-state index < -0.39 is 0 Å². The van der Waals surface area contributed by atoms with Crippen LogP contribution in [0.5, 0.6) is 17.2 Å². The van der Waals surface area contributed by atoms with Crippen molar-refractivity contribution in [3.8, 4) is 28.6 Å². The predicted molar refractivity (Wildman–Crippen MR) is 111 cm³/mol. The third-order valence-electron chi connectivity index (χ3n) is 4.39. The number of benzene rings is 2. The molecule has 30 heavy (non-hydrogen) atoms. The molecule has 0 N–H and O–H groups in total. The number of carbonyl (C=O) groups is 1. The van der Waals surface area contributed by atoms with E-state index in [9.17, 15) is 4.79 Å². The minimum Gasteiger partial charge on any atom is -0.497 e. The van der Waals surface area contributed by atoms with Crippen LogP contribution in [0.25, 0.3) is 17.5 Å². The Morgan fingerprint density at radius 3 is 2.43 bits per heavy atom. The second-order valence-corrected chi connectivity index (χ2v) is 6.38. The van der Waals surface area contributed by atoms with Crippen LogP contribution in [0, 0.1) is 0 Å². The zero-order chi connectivity index (χ0) is 21.5. The number of aromatic nitrogens is 2. The average molecular weight is 409 g/mol. The number of hydrogen-bond donors (Lipinski definition) is 0. The molecule has 0 radical (unpaired) electrons. The first-order valence-corrected chi connectivity index (χ1v) is 9.16. The fourth-order valence-corrected chi connectivity index (χ4v) is 2.71. The third kappa shape index (κ3) is 4.96. The van der Waals surface area contributed by atoms with Crippen molar-refractivity contribution in [1.82, 2.24) is 15.0 Å². The molecule has 0 aliphatic heterocycles. The number of methoxy groups -OCH3 is 3. The van der Waals surface area contributed by atoms with Crippen molar-refractivity contribution in [2.24, 2.45) is 0 Å². The van der Waals surface area contributed by atoms with Gasteiger partial charge in [-0.25, -0.2) is 0 Å². The number of carbonyl (C=O) groups excluding carboxylic acids is 1. The lowest BCUT2D eigenvalue weighted by Crippen LogP contribution is -2.24. The van der Waals surface area contributed by atoms with Crippen LogP contribution in [0.3, 0.4) is 0 Å². The Kier molecular flexibility index (Phi) is 6.69. The summed E-state index contributed by atoms with van der Waals surface area (Å²) in [4.78, 5) is 18.3. The van der Waals surface area contributed by atoms with E-state index in [4.69, 9.17) is 18.7 Å². The summed E-state index contributed by atoms with van der Waals surface area (Å²) in [6.45, 7) is 0.193. The highest BCUT2D eigenvalue weighted by atomic mass is 16.5. The van der Waals surface area contributed by atoms with Crippen molar-refractivity contribution in [2.75, 3.05) is 28.4 Å². The second-order valence-electron chi connectivity index (χ2n) is 6.38. The summed E-state index contributed by atoms with van der Waals surface area (Å²) in [5, 5.41) is 3.97. The molecule has 0 atom stereocenters. The van der Waals surface area contributed by atoms with E-state index in [1.807, 2.05) is 30.3 Å². The zero-order valence-electron chi connectivity index (χ0n) is 17.3. The van der Waals surface area contributed by atoms with Gasteiger partial charge in [-0.3, -0.25) is 4.79 Å². The fraction of sp³-hybridized carbons (Fsp3) is 0.227. The minimum atomic E-state index is -0.200. The van der Waals surface area contributed by atoms with Gasteiger partial charge < -0.3 is 23.6 Å². The number of nitrogens with zero attached hydrogens (tertiary/aromatic N) is 3. The van der Waals surface area contributed by atoms with Crippen LogP contribution in [0.15, 0.2) is 53.1 Å². The van der Waals surface area contributed by atoms with Gasteiger partial charge in [-0.15, -0.1) is 0 Å². The lowest BCUT2D eigenvalue weighted by Gasteiger charge is -2.12. The van der Waals surface area contributed by atoms with E-state index in [1.54, 1.807) is 46.6 Å². The maximum absolute atomic E-state index is 12.4. The van der Waals surface area contributed by atoms with Crippen molar-refractivity contribution in [3.63, 3.8) is 0 Å². The average Bonchev–Trinajstić information content (AvgIpc) is 3.25. The molecule has 8 nitrogen and oxygen atoms in total. The first kappa shape index (κ1) is 20.9. The van der Waals surface area contributed by atoms with Crippen molar-refractivity contribution in [1.29, 1.82) is 0 Å². The summed E-state index contributed by atoms with van der Waals surface area (Å²) in [5.41, 5.74) is 1.61. The lowest BCUT2D eigenvalue weighted by atomic mass is 10.2. The summed E-state index contributed by atoms with van der Waals surface area (Å²) in [6, 6.07) is 12.7. The number of ether oxygens (including phenoxy) is 3. The molecule has 8 heteroatoms. The first-order valence-electron chi connectivity index (χ1n) is 9.16. The van der Waals surface area contributed by atoms with Gasteiger partial charge in [0.25, 0.3) is 0 Å². The molecule has 0 aliphatic rings. The van der Waals surface area contributed by atoms with Crippen LogP contribution in [0.4, 0.5) is 0 Å². The van der Waals surface area contributed by atoms with E-state index in [-0.39, 0.29) is 12.5 Å². The molecular formula is C22H23N3O5. The molecule has 3 rings (SSSR count). The number of rotatable bonds is 8. The Balaban J connectivity index is 1.63. The molecule has 1 heterocycles. The summed E-state index contributed by atoms with van der Waals surface area (Å²) in [6.07, 6.45) is 3.18. The van der Waals surface area contributed by atoms with E-state index in [2.05, 4.69) is 10.1 Å². The molecule has 0 bridgehead atoms. The normalized spacial score (nSPS) is 10.8. The maximum atomic E-state index is 12.4. The molecular weight excluding hydrogens is 386 g/mol. The van der Waals surface area contributed by atoms with Crippen molar-refractivity contribution in [3.05, 3.63) is 60.0 Å². The SMILES string of the molecule is COc1ccc(-c2noc(CN(C)C(=O)C=Cc3ccc(OC)c(OC)c3)n2)cc1. The molecule has 0 saturated carbocycles. The molecule has 1 aromatic heterocycles. The lowest BCUT2D eigenvalue weighted by molar-refractivity contribution is -0.125. The van der Waals surface area contributed by atoms with Crippen molar-refractivity contribution < 1.29 is 23.5 Å². The number of amides is 1. The second kappa shape index (κ2) is 9.60. The van der Waals surface area contributed by atoms with Crippen molar-refractivity contribution >= 4 is 12.0 Å². The van der Waals surface area contributed by atoms with E-state index in [0.717, 1.165) is 16.9 Å². The number of likely N-dealkylation sites (N-methyl/N-ethyl adjacent to an activating group) is 1. The Hall–Kier alpha value is -3.81. The van der Waals surface area contributed by atoms with Gasteiger partial charge in [-0.1, -0.05) is 11.2 Å². The van der Waals surface area contributed by atoms with Gasteiger partial charge in [0.1, 0.15) is 5.75 Å². The molecule has 0 saturated heterocycles. The van der Waals surface area contributed by atoms with Crippen LogP contribution in [-0.2, 0) is 11.3 Å². The molecule has 2 aromatic carbocycles. The van der Waals surface area contributed by atoms with E-state index >= 15 is 0 Å². The first-order chi connectivity index (χ1) is 14.5. The Bertz CT molecular complexity index is 1030. The summed E-state index contributed by atoms with van der Waals surface area (Å²) in [7, 11) is 6.41. The Morgan fingerprint density at radius 1 is 1.03 bits per heavy atom. The topological polar surface area (TPSA) is 86.9 Å². The monoisotopic (exact) mass is 409 g/mol. The fourth-order valence-electron chi connectivity index (χ4n) is 2.71. The van der Waals surface area contributed by atoms with Gasteiger partial charge in [0.15, 0.2) is 11.5 Å². The van der Waals surface area contributed by atoms with E-state index in [1.165, 1.54) is 11.0 Å². The van der Waals surface area contributed by atoms with Gasteiger partial charge in [-0.05, 0) is 48.0 Å². The van der Waals surface area contributed by atoms with Gasteiger partial charge in [0.2, 0.25) is 17.6 Å². The molecule has 0 unspecified atom stereocenters. The van der Waals surface area contributed by atoms with Gasteiger partial charge >= 0.3 is 0 Å². The molecule has 156 valence electrons. The van der Waals surface area contributed by atoms with Crippen LogP contribution in [0.2, 0.25) is 0 Å². The summed E-state index contributed by atoms with van der Waals surface area (Å²) < 4.78 is 20.9. The largest absolute Gasteiger partial charge is 0.497 e.